The molecule has 98 valence electrons. The summed E-state index contributed by atoms with van der Waals surface area (Å²) in [6, 6.07) is 8.42. The molecule has 0 unspecified atom stereocenters. The third-order valence-corrected chi connectivity index (χ3v) is 2.84. The first-order chi connectivity index (χ1) is 9.08. The van der Waals surface area contributed by atoms with E-state index in [-0.39, 0.29) is 5.91 Å². The molecule has 3 N–H and O–H groups in total. The van der Waals surface area contributed by atoms with E-state index >= 15 is 0 Å². The number of halogens is 1. The van der Waals surface area contributed by atoms with Crippen molar-refractivity contribution in [2.75, 3.05) is 18.2 Å². The minimum absolute atomic E-state index is 0.250. The summed E-state index contributed by atoms with van der Waals surface area (Å²) < 4.78 is 5.70. The predicted molar refractivity (Wildman–Crippen MR) is 77.3 cm³/mol. The smallest absolute Gasteiger partial charge is 0.255 e. The van der Waals surface area contributed by atoms with Crippen molar-refractivity contribution in [3.63, 3.8) is 0 Å². The summed E-state index contributed by atoms with van der Waals surface area (Å²) in [5.41, 5.74) is 7.27. The van der Waals surface area contributed by atoms with Gasteiger partial charge in [0.25, 0.3) is 5.91 Å². The van der Waals surface area contributed by atoms with E-state index in [0.29, 0.717) is 22.8 Å². The summed E-state index contributed by atoms with van der Waals surface area (Å²) in [4.78, 5) is 16.0. The molecule has 0 saturated carbocycles. The maximum Gasteiger partial charge on any atom is 0.255 e. The van der Waals surface area contributed by atoms with E-state index in [1.165, 1.54) is 13.3 Å². The number of benzene rings is 1. The van der Waals surface area contributed by atoms with Crippen LogP contribution in [0.2, 0.25) is 0 Å². The molecule has 1 aromatic carbocycles. The summed E-state index contributed by atoms with van der Waals surface area (Å²) in [5, 5.41) is 2.73. The zero-order valence-corrected chi connectivity index (χ0v) is 11.8. The molecule has 1 heterocycles. The van der Waals surface area contributed by atoms with E-state index in [4.69, 9.17) is 10.5 Å². The summed E-state index contributed by atoms with van der Waals surface area (Å²) in [7, 11) is 1.53. The predicted octanol–water partition coefficient (Wildman–Crippen LogP) is 2.69. The maximum atomic E-state index is 12.0. The molecular formula is C13H12BrN3O2. The highest BCUT2D eigenvalue weighted by Crippen LogP contribution is 2.19. The number of hydrogen-bond acceptors (Lipinski definition) is 4. The Kier molecular flexibility index (Phi) is 4.01. The average molecular weight is 322 g/mol. The van der Waals surface area contributed by atoms with Crippen LogP contribution in [-0.2, 0) is 0 Å². The van der Waals surface area contributed by atoms with Crippen molar-refractivity contribution in [2.24, 2.45) is 0 Å². The van der Waals surface area contributed by atoms with Gasteiger partial charge in [-0.15, -0.1) is 0 Å². The van der Waals surface area contributed by atoms with Crippen molar-refractivity contribution in [3.05, 3.63) is 46.6 Å². The fraction of sp³-hybridized carbons (Fsp3) is 0.0769. The van der Waals surface area contributed by atoms with E-state index in [1.807, 2.05) is 0 Å². The fourth-order valence-electron chi connectivity index (χ4n) is 1.52. The number of anilines is 2. The van der Waals surface area contributed by atoms with E-state index < -0.39 is 0 Å². The van der Waals surface area contributed by atoms with Crippen LogP contribution < -0.4 is 15.8 Å². The Balaban J connectivity index is 2.15. The summed E-state index contributed by atoms with van der Waals surface area (Å²) in [5.74, 6) is 0.240. The normalized spacial score (nSPS) is 10.0. The van der Waals surface area contributed by atoms with Crippen LogP contribution in [0, 0.1) is 0 Å². The van der Waals surface area contributed by atoms with Crippen molar-refractivity contribution < 1.29 is 9.53 Å². The van der Waals surface area contributed by atoms with Gasteiger partial charge in [-0.25, -0.2) is 4.98 Å². The lowest BCUT2D eigenvalue weighted by Gasteiger charge is -2.07. The Bertz CT molecular complexity index is 579. The van der Waals surface area contributed by atoms with Gasteiger partial charge in [0.05, 0.1) is 19.0 Å². The number of nitrogen functional groups attached to an aromatic ring is 1. The van der Waals surface area contributed by atoms with Crippen LogP contribution in [0.1, 0.15) is 10.4 Å². The van der Waals surface area contributed by atoms with Crippen LogP contribution in [0.15, 0.2) is 41.0 Å². The topological polar surface area (TPSA) is 77.2 Å². The SMILES string of the molecule is COc1ccc(NC(=O)c2cc(N)cc(Br)c2)cn1. The maximum absolute atomic E-state index is 12.0. The number of rotatable bonds is 3. The lowest BCUT2D eigenvalue weighted by molar-refractivity contribution is 0.102. The minimum atomic E-state index is -0.250. The molecule has 0 fully saturated rings. The highest BCUT2D eigenvalue weighted by Gasteiger charge is 2.08. The molecule has 0 aliphatic rings. The van der Waals surface area contributed by atoms with Crippen molar-refractivity contribution >= 4 is 33.2 Å². The molecule has 0 bridgehead atoms. The molecule has 1 aromatic heterocycles. The first kappa shape index (κ1) is 13.4. The number of carbonyl (C=O) groups excluding carboxylic acids is 1. The van der Waals surface area contributed by atoms with E-state index in [0.717, 1.165) is 4.47 Å². The number of hydrogen-bond donors (Lipinski definition) is 2. The summed E-state index contributed by atoms with van der Waals surface area (Å²) in [6.07, 6.45) is 1.53. The monoisotopic (exact) mass is 321 g/mol. The van der Waals surface area contributed by atoms with Crippen molar-refractivity contribution in [1.29, 1.82) is 0 Å². The highest BCUT2D eigenvalue weighted by molar-refractivity contribution is 9.10. The number of aromatic nitrogens is 1. The molecule has 5 nitrogen and oxygen atoms in total. The van der Waals surface area contributed by atoms with Crippen LogP contribution >= 0.6 is 15.9 Å². The standard InChI is InChI=1S/C13H12BrN3O2/c1-19-12-3-2-11(7-16-12)17-13(18)8-4-9(14)6-10(15)5-8/h2-7H,15H2,1H3,(H,17,18). The quantitative estimate of drug-likeness (QED) is 0.852. The first-order valence-corrected chi connectivity index (χ1v) is 6.25. The Morgan fingerprint density at radius 1 is 1.37 bits per heavy atom. The third kappa shape index (κ3) is 3.45. The van der Waals surface area contributed by atoms with Crippen molar-refractivity contribution in [1.82, 2.24) is 4.98 Å². The number of nitrogens with one attached hydrogen (secondary N) is 1. The lowest BCUT2D eigenvalue weighted by atomic mass is 10.2. The van der Waals surface area contributed by atoms with Crippen molar-refractivity contribution in [3.8, 4) is 5.88 Å². The number of nitrogens with zero attached hydrogens (tertiary/aromatic N) is 1. The minimum Gasteiger partial charge on any atom is -0.481 e. The molecule has 6 heteroatoms. The van der Waals surface area contributed by atoms with E-state index in [1.54, 1.807) is 30.3 Å². The summed E-state index contributed by atoms with van der Waals surface area (Å²) in [6.45, 7) is 0. The lowest BCUT2D eigenvalue weighted by Crippen LogP contribution is -2.12. The molecule has 2 rings (SSSR count). The second-order valence-electron chi connectivity index (χ2n) is 3.82. The number of methoxy groups -OCH3 is 1. The van der Waals surface area contributed by atoms with Gasteiger partial charge in [0.2, 0.25) is 5.88 Å². The first-order valence-electron chi connectivity index (χ1n) is 5.46. The molecule has 0 atom stereocenters. The Labute approximate surface area is 118 Å². The molecule has 0 aliphatic heterocycles. The van der Waals surface area contributed by atoms with Crippen LogP contribution in [-0.4, -0.2) is 18.0 Å². The molecule has 0 spiro atoms. The zero-order chi connectivity index (χ0) is 13.8. The van der Waals surface area contributed by atoms with Gasteiger partial charge in [-0.1, -0.05) is 15.9 Å². The Morgan fingerprint density at radius 2 is 2.16 bits per heavy atom. The number of amides is 1. The highest BCUT2D eigenvalue weighted by atomic mass is 79.9. The second kappa shape index (κ2) is 5.71. The number of carbonyl (C=O) groups is 1. The number of nitrogens with two attached hydrogens (primary N) is 1. The largest absolute Gasteiger partial charge is 0.481 e. The zero-order valence-electron chi connectivity index (χ0n) is 10.2. The van der Waals surface area contributed by atoms with Gasteiger partial charge in [0.1, 0.15) is 0 Å². The van der Waals surface area contributed by atoms with Crippen LogP contribution in [0.5, 0.6) is 5.88 Å². The van der Waals surface area contributed by atoms with Crippen LogP contribution in [0.25, 0.3) is 0 Å². The molecule has 0 aliphatic carbocycles. The van der Waals surface area contributed by atoms with Gasteiger partial charge >= 0.3 is 0 Å². The second-order valence-corrected chi connectivity index (χ2v) is 4.73. The Morgan fingerprint density at radius 3 is 2.74 bits per heavy atom. The summed E-state index contributed by atoms with van der Waals surface area (Å²) >= 11 is 3.30. The van der Waals surface area contributed by atoms with Gasteiger partial charge in [-0.3, -0.25) is 4.79 Å². The third-order valence-electron chi connectivity index (χ3n) is 2.39. The van der Waals surface area contributed by atoms with Gasteiger partial charge < -0.3 is 15.8 Å². The molecular weight excluding hydrogens is 310 g/mol. The van der Waals surface area contributed by atoms with Gasteiger partial charge in [0, 0.05) is 21.8 Å². The molecule has 0 saturated heterocycles. The molecule has 1 amide bonds. The number of pyridine rings is 1. The van der Waals surface area contributed by atoms with Gasteiger partial charge in [-0.05, 0) is 24.3 Å². The van der Waals surface area contributed by atoms with E-state index in [9.17, 15) is 4.79 Å². The van der Waals surface area contributed by atoms with Crippen molar-refractivity contribution in [2.45, 2.75) is 0 Å². The Hall–Kier alpha value is -2.08. The molecule has 2 aromatic rings. The average Bonchev–Trinajstić information content (AvgIpc) is 2.38. The fourth-order valence-corrected chi connectivity index (χ4v) is 2.03. The molecule has 19 heavy (non-hydrogen) atoms. The van der Waals surface area contributed by atoms with Crippen LogP contribution in [0.4, 0.5) is 11.4 Å². The van der Waals surface area contributed by atoms with Gasteiger partial charge in [0.15, 0.2) is 0 Å². The van der Waals surface area contributed by atoms with Gasteiger partial charge in [-0.2, -0.15) is 0 Å². The molecule has 0 radical (unpaired) electrons. The van der Waals surface area contributed by atoms with Crippen LogP contribution in [0.3, 0.4) is 0 Å². The van der Waals surface area contributed by atoms with E-state index in [2.05, 4.69) is 26.2 Å². The number of ether oxygens (including phenoxy) is 1.